The lowest BCUT2D eigenvalue weighted by atomic mass is 9.91. The minimum atomic E-state index is -3.41. The predicted molar refractivity (Wildman–Crippen MR) is 92.8 cm³/mol. The molecule has 0 atom stereocenters. The second-order valence-electron chi connectivity index (χ2n) is 6.44. The first kappa shape index (κ1) is 17.1. The van der Waals surface area contributed by atoms with E-state index in [1.807, 2.05) is 31.2 Å². The van der Waals surface area contributed by atoms with E-state index in [9.17, 15) is 12.8 Å². The molecular weight excluding hydrogens is 325 g/mol. The molecule has 3 rings (SSSR count). The highest BCUT2D eigenvalue weighted by Crippen LogP contribution is 2.27. The van der Waals surface area contributed by atoms with Crippen LogP contribution >= 0.6 is 0 Å². The number of hydrogen-bond acceptors (Lipinski definition) is 2. The van der Waals surface area contributed by atoms with Crippen molar-refractivity contribution in [3.63, 3.8) is 0 Å². The summed E-state index contributed by atoms with van der Waals surface area (Å²) in [5.41, 5.74) is 1.89. The summed E-state index contributed by atoms with van der Waals surface area (Å²) in [5, 5.41) is 0. The van der Waals surface area contributed by atoms with Gasteiger partial charge in [0, 0.05) is 13.1 Å². The zero-order valence-corrected chi connectivity index (χ0v) is 14.6. The summed E-state index contributed by atoms with van der Waals surface area (Å²) >= 11 is 0. The van der Waals surface area contributed by atoms with Gasteiger partial charge in [0.25, 0.3) is 0 Å². The molecule has 0 aromatic heterocycles. The maximum absolute atomic E-state index is 13.0. The summed E-state index contributed by atoms with van der Waals surface area (Å²) in [7, 11) is -3.41. The smallest absolute Gasteiger partial charge is 0.207 e. The number of piperidine rings is 1. The summed E-state index contributed by atoms with van der Waals surface area (Å²) < 4.78 is 40.2. The van der Waals surface area contributed by atoms with Crippen molar-refractivity contribution in [3.8, 4) is 0 Å². The van der Waals surface area contributed by atoms with Gasteiger partial charge in [-0.25, -0.2) is 12.8 Å². The molecule has 2 aromatic rings. The van der Waals surface area contributed by atoms with Crippen LogP contribution in [0.1, 0.15) is 24.0 Å². The monoisotopic (exact) mass is 347 g/mol. The molecule has 2 aromatic carbocycles. The van der Waals surface area contributed by atoms with Gasteiger partial charge in [0.15, 0.2) is 0 Å². The Hall–Kier alpha value is -1.72. The van der Waals surface area contributed by atoms with Gasteiger partial charge >= 0.3 is 0 Å². The predicted octanol–water partition coefficient (Wildman–Crippen LogP) is 3.78. The first-order valence-electron chi connectivity index (χ1n) is 8.27. The highest BCUT2D eigenvalue weighted by molar-refractivity contribution is 7.89. The molecular formula is C19H22FNO2S. The fraction of sp³-hybridized carbons (Fsp3) is 0.368. The van der Waals surface area contributed by atoms with E-state index < -0.39 is 10.0 Å². The summed E-state index contributed by atoms with van der Waals surface area (Å²) in [6, 6.07) is 13.7. The van der Waals surface area contributed by atoms with Crippen LogP contribution in [0.25, 0.3) is 0 Å². The van der Waals surface area contributed by atoms with Crippen LogP contribution in [0.15, 0.2) is 53.4 Å². The second kappa shape index (κ2) is 7.03. The van der Waals surface area contributed by atoms with Crippen molar-refractivity contribution >= 4 is 10.0 Å². The Kier molecular flexibility index (Phi) is 5.01. The van der Waals surface area contributed by atoms with Crippen LogP contribution in [0.3, 0.4) is 0 Å². The largest absolute Gasteiger partial charge is 0.243 e. The Morgan fingerprint density at radius 1 is 1.04 bits per heavy atom. The van der Waals surface area contributed by atoms with E-state index >= 15 is 0 Å². The maximum atomic E-state index is 13.0. The summed E-state index contributed by atoms with van der Waals surface area (Å²) in [5.74, 6) is 0.219. The fourth-order valence-electron chi connectivity index (χ4n) is 3.29. The highest BCUT2D eigenvalue weighted by Gasteiger charge is 2.30. The van der Waals surface area contributed by atoms with Gasteiger partial charge in [-0.15, -0.1) is 0 Å². The molecule has 0 saturated carbocycles. The summed E-state index contributed by atoms with van der Waals surface area (Å²) in [4.78, 5) is 0.405. The van der Waals surface area contributed by atoms with Gasteiger partial charge in [-0.05, 0) is 61.4 Å². The third-order valence-electron chi connectivity index (χ3n) is 4.72. The first-order valence-corrected chi connectivity index (χ1v) is 9.71. The van der Waals surface area contributed by atoms with E-state index in [2.05, 4.69) is 0 Å². The van der Waals surface area contributed by atoms with Crippen molar-refractivity contribution in [2.24, 2.45) is 5.92 Å². The van der Waals surface area contributed by atoms with E-state index in [-0.39, 0.29) is 5.82 Å². The Balaban J connectivity index is 1.64. The van der Waals surface area contributed by atoms with Crippen molar-refractivity contribution in [1.29, 1.82) is 0 Å². The second-order valence-corrected chi connectivity index (χ2v) is 8.35. The molecule has 1 aliphatic rings. The van der Waals surface area contributed by atoms with Crippen LogP contribution in [0.4, 0.5) is 4.39 Å². The zero-order valence-electron chi connectivity index (χ0n) is 13.8. The molecule has 1 heterocycles. The first-order chi connectivity index (χ1) is 11.5. The van der Waals surface area contributed by atoms with Crippen molar-refractivity contribution in [3.05, 3.63) is 65.5 Å². The third kappa shape index (κ3) is 3.68. The molecule has 0 N–H and O–H groups in total. The number of halogens is 1. The van der Waals surface area contributed by atoms with Crippen molar-refractivity contribution in [2.45, 2.75) is 31.1 Å². The minimum Gasteiger partial charge on any atom is -0.207 e. The molecule has 128 valence electrons. The number of nitrogens with zero attached hydrogens (tertiary/aromatic N) is 1. The average molecular weight is 347 g/mol. The molecule has 0 unspecified atom stereocenters. The van der Waals surface area contributed by atoms with Gasteiger partial charge in [0.2, 0.25) is 10.0 Å². The van der Waals surface area contributed by atoms with Crippen LogP contribution in [0.2, 0.25) is 0 Å². The summed E-state index contributed by atoms with van der Waals surface area (Å²) in [6.07, 6.45) is 2.55. The minimum absolute atomic E-state index is 0.224. The lowest BCUT2D eigenvalue weighted by Gasteiger charge is -2.31. The Morgan fingerprint density at radius 3 is 2.29 bits per heavy atom. The van der Waals surface area contributed by atoms with E-state index in [1.165, 1.54) is 12.1 Å². The maximum Gasteiger partial charge on any atom is 0.243 e. The van der Waals surface area contributed by atoms with Gasteiger partial charge in [-0.1, -0.05) is 30.3 Å². The van der Waals surface area contributed by atoms with Gasteiger partial charge in [-0.3, -0.25) is 0 Å². The van der Waals surface area contributed by atoms with E-state index in [4.69, 9.17) is 0 Å². The molecule has 1 aliphatic heterocycles. The number of rotatable bonds is 4. The molecule has 1 saturated heterocycles. The Labute approximate surface area is 143 Å². The number of benzene rings is 2. The van der Waals surface area contributed by atoms with Crippen molar-refractivity contribution < 1.29 is 12.8 Å². The highest BCUT2D eigenvalue weighted by atomic mass is 32.2. The molecule has 0 radical (unpaired) electrons. The molecule has 5 heteroatoms. The Morgan fingerprint density at radius 2 is 1.67 bits per heavy atom. The molecule has 24 heavy (non-hydrogen) atoms. The van der Waals surface area contributed by atoms with Gasteiger partial charge in [-0.2, -0.15) is 4.31 Å². The summed E-state index contributed by atoms with van der Waals surface area (Å²) in [6.45, 7) is 2.92. The number of aryl methyl sites for hydroxylation is 1. The van der Waals surface area contributed by atoms with Crippen molar-refractivity contribution in [1.82, 2.24) is 4.31 Å². The third-order valence-corrected chi connectivity index (χ3v) is 6.78. The zero-order chi connectivity index (χ0) is 17.2. The van der Waals surface area contributed by atoms with Crippen LogP contribution in [0.5, 0.6) is 0 Å². The van der Waals surface area contributed by atoms with E-state index in [1.54, 1.807) is 16.4 Å². The molecule has 0 spiro atoms. The lowest BCUT2D eigenvalue weighted by molar-refractivity contribution is 0.272. The van der Waals surface area contributed by atoms with Gasteiger partial charge in [0.1, 0.15) is 5.82 Å². The van der Waals surface area contributed by atoms with Crippen LogP contribution in [0, 0.1) is 18.7 Å². The SMILES string of the molecule is Cc1ccccc1S(=O)(=O)N1CCC(Cc2ccc(F)cc2)CC1. The van der Waals surface area contributed by atoms with E-state index in [0.29, 0.717) is 23.9 Å². The standard InChI is InChI=1S/C19H22FNO2S/c1-15-4-2-3-5-19(15)24(22,23)21-12-10-17(11-13-21)14-16-6-8-18(20)9-7-16/h2-9,17H,10-14H2,1H3. The lowest BCUT2D eigenvalue weighted by Crippen LogP contribution is -2.39. The molecule has 1 fully saturated rings. The van der Waals surface area contributed by atoms with E-state index in [0.717, 1.165) is 30.4 Å². The molecule has 3 nitrogen and oxygen atoms in total. The Bertz CT molecular complexity index is 794. The molecule has 0 amide bonds. The van der Waals surface area contributed by atoms with Crippen molar-refractivity contribution in [2.75, 3.05) is 13.1 Å². The van der Waals surface area contributed by atoms with Gasteiger partial charge in [0.05, 0.1) is 4.90 Å². The molecule has 0 bridgehead atoms. The fourth-order valence-corrected chi connectivity index (χ4v) is 4.99. The quantitative estimate of drug-likeness (QED) is 0.844. The molecule has 0 aliphatic carbocycles. The number of hydrogen-bond donors (Lipinski definition) is 0. The van der Waals surface area contributed by atoms with Gasteiger partial charge < -0.3 is 0 Å². The average Bonchev–Trinajstić information content (AvgIpc) is 2.58. The van der Waals surface area contributed by atoms with Crippen LogP contribution in [-0.2, 0) is 16.4 Å². The van der Waals surface area contributed by atoms with Crippen LogP contribution in [-0.4, -0.2) is 25.8 Å². The van der Waals surface area contributed by atoms with Crippen LogP contribution < -0.4 is 0 Å². The topological polar surface area (TPSA) is 37.4 Å². The number of sulfonamides is 1. The normalized spacial score (nSPS) is 17.1.